The number of hydrogen-bond donors (Lipinski definition) is 0. The number of anilines is 1. The standard InChI is InChI=1S/C13H14N4O/c18-10-13-9-14-15-17(13)12-5-3-11(4-6-12)16-7-1-2-8-16/h3-6,9-10H,1-2,7-8H2. The zero-order valence-electron chi connectivity index (χ0n) is 9.99. The minimum absolute atomic E-state index is 0.462. The monoisotopic (exact) mass is 242 g/mol. The van der Waals surface area contributed by atoms with Gasteiger partial charge in [-0.05, 0) is 37.1 Å². The van der Waals surface area contributed by atoms with Gasteiger partial charge >= 0.3 is 0 Å². The lowest BCUT2D eigenvalue weighted by atomic mass is 10.2. The molecule has 1 aromatic carbocycles. The number of carbonyl (C=O) groups excluding carboxylic acids is 1. The molecule has 0 amide bonds. The van der Waals surface area contributed by atoms with Crippen LogP contribution in [-0.2, 0) is 0 Å². The molecule has 0 aliphatic carbocycles. The number of aromatic nitrogens is 3. The van der Waals surface area contributed by atoms with Gasteiger partial charge in [0, 0.05) is 18.8 Å². The molecule has 0 unspecified atom stereocenters. The molecule has 3 rings (SSSR count). The Morgan fingerprint density at radius 1 is 1.06 bits per heavy atom. The predicted molar refractivity (Wildman–Crippen MR) is 68.2 cm³/mol. The Hall–Kier alpha value is -2.17. The molecule has 0 saturated carbocycles. The van der Waals surface area contributed by atoms with Crippen LogP contribution in [-0.4, -0.2) is 34.4 Å². The molecule has 0 spiro atoms. The van der Waals surface area contributed by atoms with Crippen LogP contribution in [0.4, 0.5) is 5.69 Å². The molecular weight excluding hydrogens is 228 g/mol. The summed E-state index contributed by atoms with van der Waals surface area (Å²) in [6.07, 6.45) is 4.75. The van der Waals surface area contributed by atoms with Crippen molar-refractivity contribution < 1.29 is 4.79 Å². The molecule has 0 N–H and O–H groups in total. The average molecular weight is 242 g/mol. The van der Waals surface area contributed by atoms with Gasteiger partial charge in [0.15, 0.2) is 6.29 Å². The Bertz CT molecular complexity index is 540. The van der Waals surface area contributed by atoms with Crippen LogP contribution < -0.4 is 4.90 Å². The van der Waals surface area contributed by atoms with Crippen LogP contribution in [0.2, 0.25) is 0 Å². The number of rotatable bonds is 3. The first-order valence-electron chi connectivity index (χ1n) is 6.10. The maximum absolute atomic E-state index is 10.8. The second kappa shape index (κ2) is 4.60. The van der Waals surface area contributed by atoms with Crippen molar-refractivity contribution in [1.29, 1.82) is 0 Å². The number of benzene rings is 1. The van der Waals surface area contributed by atoms with Crippen molar-refractivity contribution in [3.8, 4) is 5.69 Å². The van der Waals surface area contributed by atoms with Crippen LogP contribution in [0.15, 0.2) is 30.5 Å². The molecule has 1 aromatic heterocycles. The highest BCUT2D eigenvalue weighted by Crippen LogP contribution is 2.21. The molecule has 92 valence electrons. The molecule has 1 aliphatic heterocycles. The van der Waals surface area contributed by atoms with Crippen LogP contribution in [0.1, 0.15) is 23.3 Å². The van der Waals surface area contributed by atoms with E-state index in [1.807, 2.05) is 12.1 Å². The fraction of sp³-hybridized carbons (Fsp3) is 0.308. The van der Waals surface area contributed by atoms with E-state index >= 15 is 0 Å². The van der Waals surface area contributed by atoms with Crippen molar-refractivity contribution in [2.24, 2.45) is 0 Å². The van der Waals surface area contributed by atoms with E-state index in [2.05, 4.69) is 27.3 Å². The largest absolute Gasteiger partial charge is 0.372 e. The topological polar surface area (TPSA) is 51.0 Å². The lowest BCUT2D eigenvalue weighted by Crippen LogP contribution is -2.17. The van der Waals surface area contributed by atoms with Gasteiger partial charge in [0.05, 0.1) is 11.9 Å². The van der Waals surface area contributed by atoms with Crippen LogP contribution in [0.5, 0.6) is 0 Å². The minimum atomic E-state index is 0.462. The van der Waals surface area contributed by atoms with Crippen LogP contribution >= 0.6 is 0 Å². The molecule has 0 radical (unpaired) electrons. The van der Waals surface area contributed by atoms with Gasteiger partial charge in [0.25, 0.3) is 0 Å². The summed E-state index contributed by atoms with van der Waals surface area (Å²) in [5, 5.41) is 7.65. The SMILES string of the molecule is O=Cc1cnnn1-c1ccc(N2CCCC2)cc1. The molecule has 18 heavy (non-hydrogen) atoms. The van der Waals surface area contributed by atoms with Crippen LogP contribution in [0.3, 0.4) is 0 Å². The van der Waals surface area contributed by atoms with Gasteiger partial charge in [0.1, 0.15) is 5.69 Å². The highest BCUT2D eigenvalue weighted by molar-refractivity contribution is 5.72. The molecular formula is C13H14N4O. The number of hydrogen-bond acceptors (Lipinski definition) is 4. The first-order chi connectivity index (χ1) is 8.88. The van der Waals surface area contributed by atoms with Gasteiger partial charge in [-0.25, -0.2) is 4.68 Å². The molecule has 1 saturated heterocycles. The molecule has 2 heterocycles. The molecule has 5 heteroatoms. The zero-order chi connectivity index (χ0) is 12.4. The summed E-state index contributed by atoms with van der Waals surface area (Å²) in [6.45, 7) is 2.25. The summed E-state index contributed by atoms with van der Waals surface area (Å²) in [4.78, 5) is 13.2. The number of aldehydes is 1. The molecule has 1 fully saturated rings. The van der Waals surface area contributed by atoms with E-state index in [-0.39, 0.29) is 0 Å². The van der Waals surface area contributed by atoms with Crippen molar-refractivity contribution >= 4 is 12.0 Å². The Balaban J connectivity index is 1.88. The van der Waals surface area contributed by atoms with Gasteiger partial charge in [-0.15, -0.1) is 5.10 Å². The summed E-state index contributed by atoms with van der Waals surface area (Å²) >= 11 is 0. The Morgan fingerprint density at radius 2 is 1.72 bits per heavy atom. The lowest BCUT2D eigenvalue weighted by molar-refractivity contribution is 0.111. The highest BCUT2D eigenvalue weighted by Gasteiger charge is 2.12. The Morgan fingerprint density at radius 3 is 2.39 bits per heavy atom. The molecule has 1 aliphatic rings. The van der Waals surface area contributed by atoms with Gasteiger partial charge in [0.2, 0.25) is 0 Å². The van der Waals surface area contributed by atoms with E-state index in [4.69, 9.17) is 0 Å². The summed E-state index contributed by atoms with van der Waals surface area (Å²) in [5.41, 5.74) is 2.55. The quantitative estimate of drug-likeness (QED) is 0.768. The fourth-order valence-electron chi connectivity index (χ4n) is 2.30. The van der Waals surface area contributed by atoms with Crippen molar-refractivity contribution in [2.45, 2.75) is 12.8 Å². The third-order valence-electron chi connectivity index (χ3n) is 3.26. The van der Waals surface area contributed by atoms with Gasteiger partial charge in [-0.2, -0.15) is 0 Å². The molecule has 0 bridgehead atoms. The van der Waals surface area contributed by atoms with Crippen molar-refractivity contribution in [1.82, 2.24) is 15.0 Å². The fourth-order valence-corrected chi connectivity index (χ4v) is 2.30. The predicted octanol–water partition coefficient (Wildman–Crippen LogP) is 1.68. The van der Waals surface area contributed by atoms with E-state index < -0.39 is 0 Å². The number of carbonyl (C=O) groups is 1. The van der Waals surface area contributed by atoms with Crippen molar-refractivity contribution in [2.75, 3.05) is 18.0 Å². The van der Waals surface area contributed by atoms with E-state index in [1.165, 1.54) is 24.7 Å². The number of nitrogens with zero attached hydrogens (tertiary/aromatic N) is 4. The lowest BCUT2D eigenvalue weighted by Gasteiger charge is -2.17. The molecule has 5 nitrogen and oxygen atoms in total. The summed E-state index contributed by atoms with van der Waals surface area (Å²) in [6, 6.07) is 8.07. The third-order valence-corrected chi connectivity index (χ3v) is 3.26. The first-order valence-corrected chi connectivity index (χ1v) is 6.10. The van der Waals surface area contributed by atoms with E-state index in [0.29, 0.717) is 5.69 Å². The molecule has 2 aromatic rings. The van der Waals surface area contributed by atoms with Crippen LogP contribution in [0.25, 0.3) is 5.69 Å². The molecule has 0 atom stereocenters. The van der Waals surface area contributed by atoms with Crippen molar-refractivity contribution in [3.05, 3.63) is 36.2 Å². The minimum Gasteiger partial charge on any atom is -0.372 e. The highest BCUT2D eigenvalue weighted by atomic mass is 16.1. The first kappa shape index (κ1) is 11.0. The summed E-state index contributed by atoms with van der Waals surface area (Å²) in [5.74, 6) is 0. The summed E-state index contributed by atoms with van der Waals surface area (Å²) in [7, 11) is 0. The van der Waals surface area contributed by atoms with Gasteiger partial charge in [-0.1, -0.05) is 5.21 Å². The zero-order valence-corrected chi connectivity index (χ0v) is 9.99. The smallest absolute Gasteiger partial charge is 0.170 e. The maximum Gasteiger partial charge on any atom is 0.170 e. The van der Waals surface area contributed by atoms with Gasteiger partial charge < -0.3 is 4.90 Å². The Kier molecular flexibility index (Phi) is 2.80. The van der Waals surface area contributed by atoms with E-state index in [1.54, 1.807) is 4.68 Å². The van der Waals surface area contributed by atoms with Crippen molar-refractivity contribution in [3.63, 3.8) is 0 Å². The second-order valence-corrected chi connectivity index (χ2v) is 4.40. The van der Waals surface area contributed by atoms with Crippen LogP contribution in [0, 0.1) is 0 Å². The average Bonchev–Trinajstić information content (AvgIpc) is 3.10. The normalized spacial score (nSPS) is 15.0. The summed E-state index contributed by atoms with van der Waals surface area (Å²) < 4.78 is 1.54. The van der Waals surface area contributed by atoms with E-state index in [9.17, 15) is 4.79 Å². The van der Waals surface area contributed by atoms with E-state index in [0.717, 1.165) is 25.1 Å². The second-order valence-electron chi connectivity index (χ2n) is 4.40. The maximum atomic E-state index is 10.8. The Labute approximate surface area is 105 Å². The van der Waals surface area contributed by atoms with Gasteiger partial charge in [-0.3, -0.25) is 4.79 Å². The third kappa shape index (κ3) is 1.88.